The van der Waals surface area contributed by atoms with E-state index < -0.39 is 0 Å². The molecule has 1 aromatic heterocycles. The molecule has 0 spiro atoms. The molecule has 23 heavy (non-hydrogen) atoms. The first-order valence-corrected chi connectivity index (χ1v) is 9.19. The van der Waals surface area contributed by atoms with E-state index in [-0.39, 0.29) is 0 Å². The molecule has 0 saturated heterocycles. The van der Waals surface area contributed by atoms with Gasteiger partial charge in [-0.15, -0.1) is 0 Å². The van der Waals surface area contributed by atoms with Gasteiger partial charge in [0.05, 0.1) is 0 Å². The zero-order chi connectivity index (χ0) is 16.5. The van der Waals surface area contributed by atoms with Gasteiger partial charge in [0.2, 0.25) is 0 Å². The summed E-state index contributed by atoms with van der Waals surface area (Å²) in [4.78, 5) is 9.07. The summed E-state index contributed by atoms with van der Waals surface area (Å²) in [5.41, 5.74) is 0.487. The number of aliphatic imine (C=N–C) groups is 1. The minimum Gasteiger partial charge on any atom is -0.357 e. The third kappa shape index (κ3) is 5.26. The van der Waals surface area contributed by atoms with Crippen LogP contribution in [0.1, 0.15) is 58.2 Å². The van der Waals surface area contributed by atoms with Crippen LogP contribution in [-0.4, -0.2) is 35.1 Å². The third-order valence-corrected chi connectivity index (χ3v) is 5.12. The Morgan fingerprint density at radius 2 is 2.13 bits per heavy atom. The van der Waals surface area contributed by atoms with Gasteiger partial charge in [0.25, 0.3) is 0 Å². The van der Waals surface area contributed by atoms with Crippen LogP contribution in [0.25, 0.3) is 0 Å². The summed E-state index contributed by atoms with van der Waals surface area (Å²) in [7, 11) is 0. The molecule has 2 N–H and O–H groups in total. The van der Waals surface area contributed by atoms with Gasteiger partial charge in [-0.25, -0.2) is 4.98 Å². The van der Waals surface area contributed by atoms with Crippen LogP contribution in [0.15, 0.2) is 17.4 Å². The maximum Gasteiger partial charge on any atom is 0.191 e. The Hall–Kier alpha value is -1.52. The average Bonchev–Trinajstić information content (AvgIpc) is 2.91. The van der Waals surface area contributed by atoms with Crippen molar-refractivity contribution in [3.05, 3.63) is 18.2 Å². The normalized spacial score (nSPS) is 16.9. The predicted molar refractivity (Wildman–Crippen MR) is 96.8 cm³/mol. The fourth-order valence-corrected chi connectivity index (χ4v) is 3.14. The van der Waals surface area contributed by atoms with Crippen LogP contribution in [0.5, 0.6) is 0 Å². The molecular weight excluding hydrogens is 286 g/mol. The molecule has 2 rings (SSSR count). The van der Waals surface area contributed by atoms with Crippen LogP contribution in [0.2, 0.25) is 0 Å². The number of imidazole rings is 1. The van der Waals surface area contributed by atoms with Crippen molar-refractivity contribution in [1.29, 1.82) is 0 Å². The second-order valence-electron chi connectivity index (χ2n) is 6.70. The van der Waals surface area contributed by atoms with Crippen molar-refractivity contribution in [1.82, 2.24) is 20.2 Å². The SMILES string of the molecule is CCNC(=NCC1(CC)CCC1)NCCCCn1ccnc1C. The molecule has 0 aromatic carbocycles. The third-order valence-electron chi connectivity index (χ3n) is 5.12. The smallest absolute Gasteiger partial charge is 0.191 e. The molecule has 0 bridgehead atoms. The van der Waals surface area contributed by atoms with Crippen molar-refractivity contribution >= 4 is 5.96 Å². The van der Waals surface area contributed by atoms with E-state index in [4.69, 9.17) is 4.99 Å². The monoisotopic (exact) mass is 319 g/mol. The number of nitrogens with zero attached hydrogens (tertiary/aromatic N) is 3. The molecule has 5 heteroatoms. The van der Waals surface area contributed by atoms with E-state index in [0.717, 1.165) is 50.8 Å². The minimum atomic E-state index is 0.487. The number of hydrogen-bond donors (Lipinski definition) is 2. The zero-order valence-electron chi connectivity index (χ0n) is 15.1. The fraction of sp³-hybridized carbons (Fsp3) is 0.778. The lowest BCUT2D eigenvalue weighted by molar-refractivity contribution is 0.139. The first-order valence-electron chi connectivity index (χ1n) is 9.19. The van der Waals surface area contributed by atoms with E-state index in [9.17, 15) is 0 Å². The highest BCUT2D eigenvalue weighted by molar-refractivity contribution is 5.79. The summed E-state index contributed by atoms with van der Waals surface area (Å²) < 4.78 is 2.21. The van der Waals surface area contributed by atoms with Gasteiger partial charge >= 0.3 is 0 Å². The van der Waals surface area contributed by atoms with Gasteiger partial charge in [-0.2, -0.15) is 0 Å². The van der Waals surface area contributed by atoms with Crippen molar-refractivity contribution in [2.75, 3.05) is 19.6 Å². The first-order chi connectivity index (χ1) is 11.2. The van der Waals surface area contributed by atoms with Crippen LogP contribution >= 0.6 is 0 Å². The number of aromatic nitrogens is 2. The highest BCUT2D eigenvalue weighted by atomic mass is 15.2. The van der Waals surface area contributed by atoms with Gasteiger partial charge in [-0.3, -0.25) is 4.99 Å². The topological polar surface area (TPSA) is 54.2 Å². The predicted octanol–water partition coefficient (Wildman–Crippen LogP) is 3.11. The summed E-state index contributed by atoms with van der Waals surface area (Å²) in [6, 6.07) is 0. The van der Waals surface area contributed by atoms with E-state index in [1.54, 1.807) is 0 Å². The number of hydrogen-bond acceptors (Lipinski definition) is 2. The molecule has 1 fully saturated rings. The van der Waals surface area contributed by atoms with Crippen LogP contribution in [0.3, 0.4) is 0 Å². The van der Waals surface area contributed by atoms with Gasteiger partial charge in [-0.1, -0.05) is 13.3 Å². The lowest BCUT2D eigenvalue weighted by atomic mass is 9.67. The number of nitrogens with one attached hydrogen (secondary N) is 2. The molecule has 130 valence electrons. The molecule has 1 aliphatic rings. The van der Waals surface area contributed by atoms with Crippen molar-refractivity contribution < 1.29 is 0 Å². The number of unbranched alkanes of at least 4 members (excludes halogenated alkanes) is 1. The van der Waals surface area contributed by atoms with Gasteiger partial charge in [0.15, 0.2) is 5.96 Å². The number of guanidine groups is 1. The Kier molecular flexibility index (Phi) is 6.93. The van der Waals surface area contributed by atoms with Gasteiger partial charge in [0.1, 0.15) is 5.82 Å². The quantitative estimate of drug-likeness (QED) is 0.418. The van der Waals surface area contributed by atoms with Gasteiger partial charge in [0, 0.05) is 38.6 Å². The lowest BCUT2D eigenvalue weighted by Gasteiger charge is -2.40. The van der Waals surface area contributed by atoms with E-state index in [1.165, 1.54) is 25.7 Å². The van der Waals surface area contributed by atoms with Crippen LogP contribution in [-0.2, 0) is 6.54 Å². The molecule has 0 amide bonds. The van der Waals surface area contributed by atoms with Gasteiger partial charge in [-0.05, 0) is 51.4 Å². The van der Waals surface area contributed by atoms with Crippen molar-refractivity contribution in [3.8, 4) is 0 Å². The Bertz CT molecular complexity index is 482. The van der Waals surface area contributed by atoms with E-state index in [1.807, 2.05) is 6.20 Å². The molecule has 0 aliphatic heterocycles. The Balaban J connectivity index is 1.68. The van der Waals surface area contributed by atoms with Crippen molar-refractivity contribution in [3.63, 3.8) is 0 Å². The largest absolute Gasteiger partial charge is 0.357 e. The summed E-state index contributed by atoms with van der Waals surface area (Å²) >= 11 is 0. The highest BCUT2D eigenvalue weighted by Crippen LogP contribution is 2.43. The molecule has 5 nitrogen and oxygen atoms in total. The zero-order valence-corrected chi connectivity index (χ0v) is 15.1. The Morgan fingerprint density at radius 3 is 2.70 bits per heavy atom. The van der Waals surface area contributed by atoms with Crippen molar-refractivity contribution in [2.45, 2.75) is 65.8 Å². The van der Waals surface area contributed by atoms with E-state index >= 15 is 0 Å². The Labute approximate surface area is 141 Å². The minimum absolute atomic E-state index is 0.487. The van der Waals surface area contributed by atoms with Crippen LogP contribution in [0.4, 0.5) is 0 Å². The Morgan fingerprint density at radius 1 is 1.30 bits per heavy atom. The molecule has 0 atom stereocenters. The molecular formula is C18H33N5. The summed E-state index contributed by atoms with van der Waals surface area (Å²) in [5, 5.41) is 6.84. The molecule has 1 aromatic rings. The average molecular weight is 319 g/mol. The molecule has 0 unspecified atom stereocenters. The number of rotatable bonds is 9. The van der Waals surface area contributed by atoms with E-state index in [2.05, 4.69) is 47.2 Å². The maximum absolute atomic E-state index is 4.82. The highest BCUT2D eigenvalue weighted by Gasteiger charge is 2.34. The van der Waals surface area contributed by atoms with Crippen molar-refractivity contribution in [2.24, 2.45) is 10.4 Å². The standard InChI is InChI=1S/C18H33N5/c1-4-18(9-8-10-18)15-22-17(19-5-2)21-11-6-7-13-23-14-12-20-16(23)3/h12,14H,4-11,13,15H2,1-3H3,(H2,19,21,22). The van der Waals surface area contributed by atoms with E-state index in [0.29, 0.717) is 5.41 Å². The molecule has 0 radical (unpaired) electrons. The first kappa shape index (κ1) is 17.8. The lowest BCUT2D eigenvalue weighted by Crippen LogP contribution is -2.40. The maximum atomic E-state index is 4.82. The fourth-order valence-electron chi connectivity index (χ4n) is 3.14. The second-order valence-corrected chi connectivity index (χ2v) is 6.70. The van der Waals surface area contributed by atoms with Crippen LogP contribution < -0.4 is 10.6 Å². The molecule has 1 saturated carbocycles. The van der Waals surface area contributed by atoms with Gasteiger partial charge < -0.3 is 15.2 Å². The van der Waals surface area contributed by atoms with Crippen LogP contribution in [0, 0.1) is 12.3 Å². The molecule has 1 heterocycles. The molecule has 1 aliphatic carbocycles. The second kappa shape index (κ2) is 8.94. The summed E-state index contributed by atoms with van der Waals surface area (Å²) in [6.07, 6.45) is 11.5. The number of aryl methyl sites for hydroxylation is 2. The summed E-state index contributed by atoms with van der Waals surface area (Å²) in [5.74, 6) is 2.07. The summed E-state index contributed by atoms with van der Waals surface area (Å²) in [6.45, 7) is 10.4.